The Bertz CT molecular complexity index is 906. The molecule has 144 valence electrons. The van der Waals surface area contributed by atoms with Crippen molar-refractivity contribution in [2.75, 3.05) is 29.8 Å². The Morgan fingerprint density at radius 3 is 2.59 bits per heavy atom. The third-order valence-corrected chi connectivity index (χ3v) is 6.44. The first-order valence-electron chi connectivity index (χ1n) is 9.29. The fraction of sp³-hybridized carbons (Fsp3) is 0.400. The number of rotatable bonds is 5. The van der Waals surface area contributed by atoms with Gasteiger partial charge in [0, 0.05) is 7.05 Å². The first-order chi connectivity index (χ1) is 13.0. The molecule has 1 N–H and O–H groups in total. The van der Waals surface area contributed by atoms with Gasteiger partial charge in [-0.2, -0.15) is 0 Å². The van der Waals surface area contributed by atoms with Crippen LogP contribution in [0.4, 0.5) is 11.4 Å². The second-order valence-electron chi connectivity index (χ2n) is 7.05. The Balaban J connectivity index is 1.49. The van der Waals surface area contributed by atoms with Crippen LogP contribution in [0, 0.1) is 0 Å². The number of fused-ring (bicyclic) bond motifs is 1. The van der Waals surface area contributed by atoms with Crippen LogP contribution in [0.1, 0.15) is 25.7 Å². The monoisotopic (exact) mass is 388 g/mol. The topological polar surface area (TPSA) is 67.9 Å². The van der Waals surface area contributed by atoms with Crippen molar-refractivity contribution >= 4 is 21.4 Å². The molecule has 0 saturated heterocycles. The van der Waals surface area contributed by atoms with E-state index in [9.17, 15) is 8.42 Å². The van der Waals surface area contributed by atoms with E-state index in [-0.39, 0.29) is 11.0 Å². The maximum absolute atomic E-state index is 12.7. The van der Waals surface area contributed by atoms with Gasteiger partial charge < -0.3 is 14.4 Å². The fourth-order valence-electron chi connectivity index (χ4n) is 3.52. The van der Waals surface area contributed by atoms with Crippen molar-refractivity contribution in [1.29, 1.82) is 0 Å². The molecule has 1 heterocycles. The smallest absolute Gasteiger partial charge is 0.261 e. The van der Waals surface area contributed by atoms with E-state index < -0.39 is 10.0 Å². The molecule has 7 heteroatoms. The SMILES string of the molecule is CN1CCOc2ccc(NS(=O)(=O)c3ccc(OC4CCCC4)cc3)cc21. The molecule has 2 aromatic carbocycles. The zero-order chi connectivity index (χ0) is 18.9. The molecule has 0 aromatic heterocycles. The van der Waals surface area contributed by atoms with Crippen LogP contribution in [-0.4, -0.2) is 34.7 Å². The Labute approximate surface area is 160 Å². The summed E-state index contributed by atoms with van der Waals surface area (Å²) in [6.45, 7) is 1.40. The Hall–Kier alpha value is -2.41. The zero-order valence-electron chi connectivity index (χ0n) is 15.3. The molecule has 2 aliphatic rings. The number of nitrogens with zero attached hydrogens (tertiary/aromatic N) is 1. The summed E-state index contributed by atoms with van der Waals surface area (Å²) in [6, 6.07) is 11.9. The van der Waals surface area contributed by atoms with Gasteiger partial charge >= 0.3 is 0 Å². The summed E-state index contributed by atoms with van der Waals surface area (Å²) in [6.07, 6.45) is 4.78. The maximum Gasteiger partial charge on any atom is 0.261 e. The largest absolute Gasteiger partial charge is 0.490 e. The van der Waals surface area contributed by atoms with Crippen molar-refractivity contribution in [2.45, 2.75) is 36.7 Å². The second-order valence-corrected chi connectivity index (χ2v) is 8.74. The number of anilines is 2. The zero-order valence-corrected chi connectivity index (χ0v) is 16.2. The van der Waals surface area contributed by atoms with Crippen molar-refractivity contribution < 1.29 is 17.9 Å². The third-order valence-electron chi connectivity index (χ3n) is 5.05. The van der Waals surface area contributed by atoms with Crippen LogP contribution in [0.3, 0.4) is 0 Å². The summed E-state index contributed by atoms with van der Waals surface area (Å²) in [7, 11) is -1.71. The van der Waals surface area contributed by atoms with Crippen LogP contribution in [-0.2, 0) is 10.0 Å². The quantitative estimate of drug-likeness (QED) is 0.847. The number of hydrogen-bond acceptors (Lipinski definition) is 5. The number of nitrogens with one attached hydrogen (secondary N) is 1. The number of benzene rings is 2. The van der Waals surface area contributed by atoms with Crippen LogP contribution in [0.2, 0.25) is 0 Å². The summed E-state index contributed by atoms with van der Waals surface area (Å²) < 4.78 is 39.6. The minimum absolute atomic E-state index is 0.212. The van der Waals surface area contributed by atoms with Gasteiger partial charge in [-0.3, -0.25) is 4.72 Å². The number of likely N-dealkylation sites (N-methyl/N-ethyl adjacent to an activating group) is 1. The average molecular weight is 388 g/mol. The standard InChI is InChI=1S/C20H24N2O4S/c1-22-12-13-25-20-11-6-15(14-19(20)22)21-27(23,24)18-9-7-17(8-10-18)26-16-4-2-3-5-16/h6-11,14,16,21H,2-5,12-13H2,1H3. The van der Waals surface area contributed by atoms with Gasteiger partial charge in [0.05, 0.1) is 28.9 Å². The summed E-state index contributed by atoms with van der Waals surface area (Å²) in [5, 5.41) is 0. The first kappa shape index (κ1) is 18.0. The van der Waals surface area contributed by atoms with E-state index in [1.54, 1.807) is 42.5 Å². The molecule has 0 amide bonds. The molecule has 0 spiro atoms. The number of hydrogen-bond donors (Lipinski definition) is 1. The van der Waals surface area contributed by atoms with Crippen LogP contribution in [0.5, 0.6) is 11.5 Å². The number of sulfonamides is 1. The van der Waals surface area contributed by atoms with Gasteiger partial charge in [0.2, 0.25) is 0 Å². The fourth-order valence-corrected chi connectivity index (χ4v) is 4.57. The normalized spacial score (nSPS) is 17.3. The number of ether oxygens (including phenoxy) is 2. The van der Waals surface area contributed by atoms with Gasteiger partial charge in [-0.05, 0) is 68.1 Å². The van der Waals surface area contributed by atoms with E-state index in [0.717, 1.165) is 30.8 Å². The van der Waals surface area contributed by atoms with E-state index in [0.29, 0.717) is 18.0 Å². The molecule has 1 saturated carbocycles. The van der Waals surface area contributed by atoms with E-state index >= 15 is 0 Å². The lowest BCUT2D eigenvalue weighted by molar-refractivity contribution is 0.210. The van der Waals surface area contributed by atoms with Gasteiger partial charge in [-0.15, -0.1) is 0 Å². The van der Waals surface area contributed by atoms with Gasteiger partial charge in [0.15, 0.2) is 0 Å². The summed E-state index contributed by atoms with van der Waals surface area (Å²) in [4.78, 5) is 2.26. The minimum Gasteiger partial charge on any atom is -0.490 e. The highest BCUT2D eigenvalue weighted by atomic mass is 32.2. The van der Waals surface area contributed by atoms with Crippen molar-refractivity contribution in [3.8, 4) is 11.5 Å². The van der Waals surface area contributed by atoms with E-state index in [1.165, 1.54) is 12.8 Å². The molecule has 0 bridgehead atoms. The molecule has 1 aliphatic carbocycles. The lowest BCUT2D eigenvalue weighted by Gasteiger charge is -2.28. The summed E-state index contributed by atoms with van der Waals surface area (Å²) >= 11 is 0. The molecule has 27 heavy (non-hydrogen) atoms. The summed E-state index contributed by atoms with van der Waals surface area (Å²) in [5.41, 5.74) is 1.39. The van der Waals surface area contributed by atoms with Crippen molar-refractivity contribution in [3.05, 3.63) is 42.5 Å². The highest BCUT2D eigenvalue weighted by Gasteiger charge is 2.20. The maximum atomic E-state index is 12.7. The Morgan fingerprint density at radius 1 is 1.11 bits per heavy atom. The third kappa shape index (κ3) is 3.98. The molecule has 1 aliphatic heterocycles. The predicted molar refractivity (Wildman–Crippen MR) is 105 cm³/mol. The summed E-state index contributed by atoms with van der Waals surface area (Å²) in [5.74, 6) is 1.48. The molecule has 0 atom stereocenters. The van der Waals surface area contributed by atoms with Gasteiger partial charge in [-0.1, -0.05) is 0 Å². The van der Waals surface area contributed by atoms with Crippen molar-refractivity contribution in [1.82, 2.24) is 0 Å². The Morgan fingerprint density at radius 2 is 1.85 bits per heavy atom. The van der Waals surface area contributed by atoms with Gasteiger partial charge in [-0.25, -0.2) is 8.42 Å². The van der Waals surface area contributed by atoms with Crippen LogP contribution < -0.4 is 19.1 Å². The second kappa shape index (κ2) is 7.31. The molecular weight excluding hydrogens is 364 g/mol. The highest BCUT2D eigenvalue weighted by Crippen LogP contribution is 2.34. The minimum atomic E-state index is -3.67. The van der Waals surface area contributed by atoms with Crippen LogP contribution in [0.25, 0.3) is 0 Å². The molecule has 1 fully saturated rings. The first-order valence-corrected chi connectivity index (χ1v) is 10.8. The van der Waals surface area contributed by atoms with Crippen LogP contribution >= 0.6 is 0 Å². The van der Waals surface area contributed by atoms with Crippen molar-refractivity contribution in [3.63, 3.8) is 0 Å². The van der Waals surface area contributed by atoms with Crippen molar-refractivity contribution in [2.24, 2.45) is 0 Å². The molecule has 4 rings (SSSR count). The lowest BCUT2D eigenvalue weighted by Crippen LogP contribution is -2.28. The molecular formula is C20H24N2O4S. The molecule has 0 unspecified atom stereocenters. The van der Waals surface area contributed by atoms with Crippen LogP contribution in [0.15, 0.2) is 47.4 Å². The predicted octanol–water partition coefficient (Wildman–Crippen LogP) is 3.64. The van der Waals surface area contributed by atoms with Gasteiger partial charge in [0.25, 0.3) is 10.0 Å². The van der Waals surface area contributed by atoms with E-state index in [4.69, 9.17) is 9.47 Å². The lowest BCUT2D eigenvalue weighted by atomic mass is 10.2. The molecule has 2 aromatic rings. The molecule has 6 nitrogen and oxygen atoms in total. The van der Waals surface area contributed by atoms with E-state index in [2.05, 4.69) is 4.72 Å². The van der Waals surface area contributed by atoms with Gasteiger partial charge in [0.1, 0.15) is 18.1 Å². The van der Waals surface area contributed by atoms with E-state index in [1.807, 2.05) is 11.9 Å². The average Bonchev–Trinajstić information content (AvgIpc) is 3.16. The Kier molecular flexibility index (Phi) is 4.86. The molecule has 0 radical (unpaired) electrons. The highest BCUT2D eigenvalue weighted by molar-refractivity contribution is 7.92.